The van der Waals surface area contributed by atoms with Gasteiger partial charge in [0.1, 0.15) is 0 Å². The average Bonchev–Trinajstić information content (AvgIpc) is 2.93. The number of aryl methyl sites for hydroxylation is 3. The third-order valence-corrected chi connectivity index (χ3v) is 4.85. The fraction of sp³-hybridized carbons (Fsp3) is 0.136. The van der Waals surface area contributed by atoms with E-state index in [0.29, 0.717) is 11.4 Å². The van der Waals surface area contributed by atoms with Gasteiger partial charge in [0, 0.05) is 33.5 Å². The molecule has 0 saturated heterocycles. The van der Waals surface area contributed by atoms with Crippen LogP contribution in [0, 0.1) is 20.8 Å². The SMILES string of the molecule is Cc1cc(-c2[nH]c3cc(-c4ccc(N)c(N)c4)ccc3c2C)cc(C)n1. The van der Waals surface area contributed by atoms with Crippen molar-refractivity contribution in [1.29, 1.82) is 0 Å². The Morgan fingerprint density at radius 3 is 2.08 bits per heavy atom. The summed E-state index contributed by atoms with van der Waals surface area (Å²) in [5, 5.41) is 1.22. The van der Waals surface area contributed by atoms with E-state index in [1.165, 1.54) is 16.5 Å². The summed E-state index contributed by atoms with van der Waals surface area (Å²) in [5.74, 6) is 0. The number of anilines is 2. The largest absolute Gasteiger partial charge is 0.397 e. The molecule has 4 heteroatoms. The standard InChI is InChI=1S/C22H22N4/c1-12-8-17(9-13(2)25-12)22-14(3)18-6-4-16(11-21(18)26-22)15-5-7-19(23)20(24)10-15/h4-11,26H,23-24H2,1-3H3. The van der Waals surface area contributed by atoms with Gasteiger partial charge >= 0.3 is 0 Å². The number of nitrogens with one attached hydrogen (secondary N) is 1. The number of hydrogen-bond donors (Lipinski definition) is 3. The zero-order valence-corrected chi connectivity index (χ0v) is 15.2. The summed E-state index contributed by atoms with van der Waals surface area (Å²) < 4.78 is 0. The van der Waals surface area contributed by atoms with Crippen molar-refractivity contribution < 1.29 is 0 Å². The van der Waals surface area contributed by atoms with Crippen molar-refractivity contribution >= 4 is 22.3 Å². The van der Waals surface area contributed by atoms with Crippen LogP contribution in [0.4, 0.5) is 11.4 Å². The molecule has 0 aliphatic carbocycles. The molecule has 0 spiro atoms. The van der Waals surface area contributed by atoms with Gasteiger partial charge in [0.15, 0.2) is 0 Å². The van der Waals surface area contributed by atoms with Crippen molar-refractivity contribution in [1.82, 2.24) is 9.97 Å². The summed E-state index contributed by atoms with van der Waals surface area (Å²) in [7, 11) is 0. The van der Waals surface area contributed by atoms with E-state index in [-0.39, 0.29) is 0 Å². The molecule has 4 nitrogen and oxygen atoms in total. The van der Waals surface area contributed by atoms with Crippen LogP contribution in [0.3, 0.4) is 0 Å². The minimum atomic E-state index is 0.605. The van der Waals surface area contributed by atoms with Crippen LogP contribution in [-0.2, 0) is 0 Å². The molecule has 2 aromatic carbocycles. The van der Waals surface area contributed by atoms with Crippen LogP contribution in [-0.4, -0.2) is 9.97 Å². The number of nitrogens with two attached hydrogens (primary N) is 2. The molecule has 0 amide bonds. The van der Waals surface area contributed by atoms with Crippen LogP contribution in [0.5, 0.6) is 0 Å². The average molecular weight is 342 g/mol. The van der Waals surface area contributed by atoms with Gasteiger partial charge in [0.2, 0.25) is 0 Å². The van der Waals surface area contributed by atoms with E-state index < -0.39 is 0 Å². The van der Waals surface area contributed by atoms with Crippen molar-refractivity contribution in [3.8, 4) is 22.4 Å². The van der Waals surface area contributed by atoms with Gasteiger partial charge in [-0.15, -0.1) is 0 Å². The lowest BCUT2D eigenvalue weighted by Gasteiger charge is -2.05. The number of hydrogen-bond acceptors (Lipinski definition) is 3. The highest BCUT2D eigenvalue weighted by Crippen LogP contribution is 2.33. The third kappa shape index (κ3) is 2.69. The topological polar surface area (TPSA) is 80.7 Å². The molecule has 4 aromatic rings. The second-order valence-corrected chi connectivity index (χ2v) is 6.87. The summed E-state index contributed by atoms with van der Waals surface area (Å²) in [6.07, 6.45) is 0. The first-order valence-electron chi connectivity index (χ1n) is 8.66. The molecule has 0 aliphatic heterocycles. The highest BCUT2D eigenvalue weighted by atomic mass is 14.7. The van der Waals surface area contributed by atoms with Crippen LogP contribution in [0.2, 0.25) is 0 Å². The highest BCUT2D eigenvalue weighted by Gasteiger charge is 2.12. The maximum Gasteiger partial charge on any atom is 0.0554 e. The van der Waals surface area contributed by atoms with Gasteiger partial charge < -0.3 is 16.5 Å². The van der Waals surface area contributed by atoms with Crippen molar-refractivity contribution in [2.24, 2.45) is 0 Å². The van der Waals surface area contributed by atoms with Crippen LogP contribution < -0.4 is 11.5 Å². The van der Waals surface area contributed by atoms with Crippen molar-refractivity contribution in [3.05, 3.63) is 65.5 Å². The van der Waals surface area contributed by atoms with Gasteiger partial charge in [-0.25, -0.2) is 0 Å². The Morgan fingerprint density at radius 2 is 1.38 bits per heavy atom. The Bertz CT molecular complexity index is 1120. The first kappa shape index (κ1) is 16.2. The van der Waals surface area contributed by atoms with E-state index in [1.807, 2.05) is 32.0 Å². The number of rotatable bonds is 2. The number of H-pyrrole nitrogens is 1. The molecule has 5 N–H and O–H groups in total. The Balaban J connectivity index is 1.86. The number of fused-ring (bicyclic) bond motifs is 1. The zero-order chi connectivity index (χ0) is 18.4. The Kier molecular flexibility index (Phi) is 3.69. The second-order valence-electron chi connectivity index (χ2n) is 6.87. The molecule has 0 unspecified atom stereocenters. The zero-order valence-electron chi connectivity index (χ0n) is 15.2. The van der Waals surface area contributed by atoms with Crippen molar-refractivity contribution in [3.63, 3.8) is 0 Å². The van der Waals surface area contributed by atoms with Gasteiger partial charge in [-0.2, -0.15) is 0 Å². The van der Waals surface area contributed by atoms with Gasteiger partial charge in [0.05, 0.1) is 11.4 Å². The molecule has 0 bridgehead atoms. The molecule has 0 fully saturated rings. The van der Waals surface area contributed by atoms with Crippen LogP contribution >= 0.6 is 0 Å². The van der Waals surface area contributed by atoms with Gasteiger partial charge in [-0.1, -0.05) is 18.2 Å². The fourth-order valence-electron chi connectivity index (χ4n) is 3.54. The molecular weight excluding hydrogens is 320 g/mol. The van der Waals surface area contributed by atoms with Crippen LogP contribution in [0.25, 0.3) is 33.3 Å². The second kappa shape index (κ2) is 5.92. The summed E-state index contributed by atoms with van der Waals surface area (Å²) in [4.78, 5) is 8.06. The van der Waals surface area contributed by atoms with Crippen molar-refractivity contribution in [2.75, 3.05) is 11.5 Å². The molecule has 130 valence electrons. The Hall–Kier alpha value is -3.27. The highest BCUT2D eigenvalue weighted by molar-refractivity contribution is 5.93. The molecule has 26 heavy (non-hydrogen) atoms. The van der Waals surface area contributed by atoms with E-state index in [2.05, 4.69) is 47.2 Å². The molecule has 0 saturated carbocycles. The molecule has 0 radical (unpaired) electrons. The molecule has 0 atom stereocenters. The minimum absolute atomic E-state index is 0.605. The predicted molar refractivity (Wildman–Crippen MR) is 110 cm³/mol. The smallest absolute Gasteiger partial charge is 0.0554 e. The third-order valence-electron chi connectivity index (χ3n) is 4.85. The van der Waals surface area contributed by atoms with E-state index >= 15 is 0 Å². The summed E-state index contributed by atoms with van der Waals surface area (Å²) in [6, 6.07) is 16.5. The maximum atomic E-state index is 5.96. The molecule has 2 heterocycles. The molecular formula is C22H22N4. The number of nitrogen functional groups attached to an aromatic ring is 2. The van der Waals surface area contributed by atoms with E-state index in [1.54, 1.807) is 0 Å². The number of pyridine rings is 1. The minimum Gasteiger partial charge on any atom is -0.397 e. The first-order chi connectivity index (χ1) is 12.4. The molecule has 0 aliphatic rings. The van der Waals surface area contributed by atoms with Crippen LogP contribution in [0.15, 0.2) is 48.5 Å². The lowest BCUT2D eigenvalue weighted by atomic mass is 10.0. The Labute approximate surface area is 152 Å². The maximum absolute atomic E-state index is 5.96. The van der Waals surface area contributed by atoms with E-state index in [0.717, 1.165) is 33.7 Å². The van der Waals surface area contributed by atoms with Gasteiger partial charge in [-0.05, 0) is 67.8 Å². The number of aromatic nitrogens is 2. The van der Waals surface area contributed by atoms with Crippen molar-refractivity contribution in [2.45, 2.75) is 20.8 Å². The summed E-state index contributed by atoms with van der Waals surface area (Å²) in [5.41, 5.74) is 21.9. The van der Waals surface area contributed by atoms with Crippen LogP contribution in [0.1, 0.15) is 17.0 Å². The fourth-order valence-corrected chi connectivity index (χ4v) is 3.54. The predicted octanol–water partition coefficient (Wildman–Crippen LogP) is 4.99. The lowest BCUT2D eigenvalue weighted by Crippen LogP contribution is -1.94. The van der Waals surface area contributed by atoms with Gasteiger partial charge in [0.25, 0.3) is 0 Å². The lowest BCUT2D eigenvalue weighted by molar-refractivity contribution is 1.12. The monoisotopic (exact) mass is 342 g/mol. The molecule has 4 rings (SSSR count). The first-order valence-corrected chi connectivity index (χ1v) is 8.66. The Morgan fingerprint density at radius 1 is 0.731 bits per heavy atom. The molecule has 2 aromatic heterocycles. The summed E-state index contributed by atoms with van der Waals surface area (Å²) in [6.45, 7) is 6.20. The normalized spacial score (nSPS) is 11.2. The number of aromatic amines is 1. The van der Waals surface area contributed by atoms with E-state index in [9.17, 15) is 0 Å². The summed E-state index contributed by atoms with van der Waals surface area (Å²) >= 11 is 0. The number of benzene rings is 2. The quantitative estimate of drug-likeness (QED) is 0.449. The number of nitrogens with zero attached hydrogens (tertiary/aromatic N) is 1. The van der Waals surface area contributed by atoms with Gasteiger partial charge in [-0.3, -0.25) is 4.98 Å². The van der Waals surface area contributed by atoms with E-state index in [4.69, 9.17) is 11.5 Å².